The van der Waals surface area contributed by atoms with Crippen molar-refractivity contribution in [3.05, 3.63) is 0 Å². The first-order chi connectivity index (χ1) is 5.64. The van der Waals surface area contributed by atoms with Crippen molar-refractivity contribution in [3.8, 4) is 0 Å². The maximum atomic E-state index is 5.75. The Morgan fingerprint density at radius 1 is 1.25 bits per heavy atom. The second-order valence-corrected chi connectivity index (χ2v) is 4.22. The zero-order valence-electron chi connectivity index (χ0n) is 9.31. The van der Waals surface area contributed by atoms with Gasteiger partial charge < -0.3 is 4.43 Å². The second kappa shape index (κ2) is 5.76. The van der Waals surface area contributed by atoms with Gasteiger partial charge >= 0.3 is 0 Å². The van der Waals surface area contributed by atoms with Gasteiger partial charge in [-0.15, -0.1) is 0 Å². The van der Waals surface area contributed by atoms with E-state index in [-0.39, 0.29) is 5.60 Å². The summed E-state index contributed by atoms with van der Waals surface area (Å²) in [6, 6.07) is 0. The van der Waals surface area contributed by atoms with Crippen molar-refractivity contribution in [2.75, 3.05) is 0 Å². The molecule has 0 aromatic rings. The largest absolute Gasteiger partial charge is 0.422 e. The third kappa shape index (κ3) is 3.28. The Morgan fingerprint density at radius 2 is 1.75 bits per heavy atom. The first-order valence-electron chi connectivity index (χ1n) is 5.19. The van der Waals surface area contributed by atoms with Gasteiger partial charge in [0.1, 0.15) is 10.5 Å². The molecule has 0 saturated carbocycles. The Bertz CT molecular complexity index is 102. The van der Waals surface area contributed by atoms with Crippen LogP contribution in [0.3, 0.4) is 0 Å². The molecule has 0 aromatic heterocycles. The molecule has 2 heteroatoms. The minimum absolute atomic E-state index is 0.210. The van der Waals surface area contributed by atoms with Crippen LogP contribution in [0.1, 0.15) is 53.4 Å². The molecule has 0 radical (unpaired) electrons. The summed E-state index contributed by atoms with van der Waals surface area (Å²) in [6.07, 6.45) is 4.83. The summed E-state index contributed by atoms with van der Waals surface area (Å²) in [4.78, 5) is 0. The van der Waals surface area contributed by atoms with Crippen molar-refractivity contribution in [3.63, 3.8) is 0 Å². The van der Waals surface area contributed by atoms with E-state index >= 15 is 0 Å². The van der Waals surface area contributed by atoms with Gasteiger partial charge in [-0.05, 0) is 25.2 Å². The second-order valence-electron chi connectivity index (χ2n) is 3.81. The Balaban J connectivity index is 4.09. The van der Waals surface area contributed by atoms with E-state index in [4.69, 9.17) is 4.43 Å². The molecule has 0 fully saturated rings. The van der Waals surface area contributed by atoms with Crippen LogP contribution in [0.5, 0.6) is 0 Å². The van der Waals surface area contributed by atoms with Crippen molar-refractivity contribution in [1.82, 2.24) is 0 Å². The van der Waals surface area contributed by atoms with Crippen LogP contribution in [-0.2, 0) is 4.43 Å². The Labute approximate surface area is 80.4 Å². The fraction of sp³-hybridized carbons (Fsp3) is 1.00. The smallest absolute Gasteiger partial charge is 0.146 e. The summed E-state index contributed by atoms with van der Waals surface area (Å²) in [7, 11) is 0.873. The summed E-state index contributed by atoms with van der Waals surface area (Å²) in [6.45, 7) is 9.06. The van der Waals surface area contributed by atoms with E-state index in [0.717, 1.165) is 29.2 Å². The standard InChI is InChI=1S/C10H24OSi/c1-5-9(4)8-10(6-2,7-3)11-12/h9H,5-8H2,1-4,12H3. The fourth-order valence-electron chi connectivity index (χ4n) is 1.69. The van der Waals surface area contributed by atoms with Gasteiger partial charge in [-0.3, -0.25) is 0 Å². The Hall–Kier alpha value is 0.177. The van der Waals surface area contributed by atoms with Crippen molar-refractivity contribution in [2.24, 2.45) is 5.92 Å². The molecule has 0 saturated heterocycles. The van der Waals surface area contributed by atoms with Crippen LogP contribution in [-0.4, -0.2) is 16.1 Å². The van der Waals surface area contributed by atoms with Crippen molar-refractivity contribution in [1.29, 1.82) is 0 Å². The molecule has 74 valence electrons. The van der Waals surface area contributed by atoms with Crippen LogP contribution in [0, 0.1) is 5.92 Å². The van der Waals surface area contributed by atoms with Gasteiger partial charge in [0.15, 0.2) is 0 Å². The van der Waals surface area contributed by atoms with E-state index in [2.05, 4.69) is 27.7 Å². The van der Waals surface area contributed by atoms with E-state index < -0.39 is 0 Å². The van der Waals surface area contributed by atoms with Crippen LogP contribution < -0.4 is 0 Å². The Kier molecular flexibility index (Phi) is 5.84. The molecular weight excluding hydrogens is 164 g/mol. The summed E-state index contributed by atoms with van der Waals surface area (Å²) >= 11 is 0. The lowest BCUT2D eigenvalue weighted by Crippen LogP contribution is -2.32. The molecule has 0 rings (SSSR count). The molecule has 0 bridgehead atoms. The third-order valence-electron chi connectivity index (χ3n) is 3.14. The van der Waals surface area contributed by atoms with Crippen LogP contribution in [0.15, 0.2) is 0 Å². The molecule has 1 nitrogen and oxygen atoms in total. The minimum Gasteiger partial charge on any atom is -0.422 e. The van der Waals surface area contributed by atoms with Gasteiger partial charge in [0.05, 0.1) is 5.60 Å². The quantitative estimate of drug-likeness (QED) is 0.581. The van der Waals surface area contributed by atoms with Gasteiger partial charge in [-0.2, -0.15) is 0 Å². The highest BCUT2D eigenvalue weighted by atomic mass is 28.2. The van der Waals surface area contributed by atoms with E-state index in [9.17, 15) is 0 Å². The Morgan fingerprint density at radius 3 is 2.00 bits per heavy atom. The van der Waals surface area contributed by atoms with Gasteiger partial charge in [0.25, 0.3) is 0 Å². The topological polar surface area (TPSA) is 9.23 Å². The van der Waals surface area contributed by atoms with Gasteiger partial charge in [0, 0.05) is 0 Å². The third-order valence-corrected chi connectivity index (χ3v) is 4.01. The van der Waals surface area contributed by atoms with E-state index in [0.29, 0.717) is 0 Å². The first-order valence-corrected chi connectivity index (χ1v) is 6.00. The molecule has 0 aliphatic rings. The van der Waals surface area contributed by atoms with Crippen LogP contribution >= 0.6 is 0 Å². The van der Waals surface area contributed by atoms with Crippen molar-refractivity contribution < 1.29 is 4.43 Å². The van der Waals surface area contributed by atoms with E-state index in [1.165, 1.54) is 12.8 Å². The van der Waals surface area contributed by atoms with Crippen LogP contribution in [0.4, 0.5) is 0 Å². The highest BCUT2D eigenvalue weighted by Gasteiger charge is 2.26. The molecule has 0 amide bonds. The summed E-state index contributed by atoms with van der Waals surface area (Å²) < 4.78 is 5.75. The van der Waals surface area contributed by atoms with Crippen LogP contribution in [0.25, 0.3) is 0 Å². The number of rotatable bonds is 6. The highest BCUT2D eigenvalue weighted by molar-refractivity contribution is 5.98. The summed E-state index contributed by atoms with van der Waals surface area (Å²) in [5, 5.41) is 0. The van der Waals surface area contributed by atoms with E-state index in [1.807, 2.05) is 0 Å². The predicted molar refractivity (Wildman–Crippen MR) is 58.4 cm³/mol. The molecular formula is C10H24OSi. The maximum absolute atomic E-state index is 5.75. The summed E-state index contributed by atoms with van der Waals surface area (Å²) in [5.74, 6) is 0.804. The first kappa shape index (κ1) is 12.2. The van der Waals surface area contributed by atoms with Crippen molar-refractivity contribution in [2.45, 2.75) is 59.0 Å². The average molecular weight is 188 g/mol. The van der Waals surface area contributed by atoms with Crippen LogP contribution in [0.2, 0.25) is 0 Å². The molecule has 0 heterocycles. The molecule has 0 aliphatic carbocycles. The van der Waals surface area contributed by atoms with Crippen molar-refractivity contribution >= 4 is 10.5 Å². The zero-order chi connectivity index (χ0) is 9.61. The number of hydrogen-bond donors (Lipinski definition) is 0. The fourth-order valence-corrected chi connectivity index (χ4v) is 2.43. The molecule has 1 atom stereocenters. The monoisotopic (exact) mass is 188 g/mol. The lowest BCUT2D eigenvalue weighted by Gasteiger charge is -2.33. The molecule has 0 N–H and O–H groups in total. The molecule has 0 aliphatic heterocycles. The average Bonchev–Trinajstić information content (AvgIpc) is 2.14. The zero-order valence-corrected chi connectivity index (χ0v) is 11.3. The molecule has 1 unspecified atom stereocenters. The minimum atomic E-state index is 0.210. The predicted octanol–water partition coefficient (Wildman–Crippen LogP) is 2.28. The number of hydrogen-bond acceptors (Lipinski definition) is 1. The normalized spacial score (nSPS) is 15.0. The van der Waals surface area contributed by atoms with Gasteiger partial charge in [0.2, 0.25) is 0 Å². The van der Waals surface area contributed by atoms with Gasteiger partial charge in [-0.25, -0.2) is 0 Å². The summed E-state index contributed by atoms with van der Waals surface area (Å²) in [5.41, 5.74) is 0.210. The maximum Gasteiger partial charge on any atom is 0.146 e. The van der Waals surface area contributed by atoms with Gasteiger partial charge in [-0.1, -0.05) is 34.1 Å². The molecule has 12 heavy (non-hydrogen) atoms. The molecule has 0 aromatic carbocycles. The lowest BCUT2D eigenvalue weighted by molar-refractivity contribution is 0.0450. The SMILES string of the molecule is CCC(C)CC(CC)(CC)O[SiH3]. The lowest BCUT2D eigenvalue weighted by atomic mass is 9.86. The highest BCUT2D eigenvalue weighted by Crippen LogP contribution is 2.28. The van der Waals surface area contributed by atoms with E-state index in [1.54, 1.807) is 0 Å². The molecule has 0 spiro atoms.